The minimum absolute atomic E-state index is 0.259. The Morgan fingerprint density at radius 3 is 2.56 bits per heavy atom. The van der Waals surface area contributed by atoms with Crippen molar-refractivity contribution < 1.29 is 4.39 Å². The van der Waals surface area contributed by atoms with Crippen LogP contribution in [-0.4, -0.2) is 24.7 Å². The molecule has 6 nitrogen and oxygen atoms in total. The van der Waals surface area contributed by atoms with Crippen LogP contribution in [0.5, 0.6) is 0 Å². The summed E-state index contributed by atoms with van der Waals surface area (Å²) in [6, 6.07) is -0.296. The molecule has 2 aromatic rings. The van der Waals surface area contributed by atoms with E-state index in [1.54, 1.807) is 13.8 Å². The van der Waals surface area contributed by atoms with Gasteiger partial charge in [-0.25, -0.2) is 19.3 Å². The molecule has 2 N–H and O–H groups in total. The second-order valence-corrected chi connectivity index (χ2v) is 3.42. The molecule has 0 radical (unpaired) electrons. The van der Waals surface area contributed by atoms with Gasteiger partial charge in [0.05, 0.1) is 18.4 Å². The zero-order valence-corrected chi connectivity index (χ0v) is 8.92. The molecule has 2 aromatic heterocycles. The van der Waals surface area contributed by atoms with E-state index in [1.165, 1.54) is 4.68 Å². The van der Waals surface area contributed by atoms with Crippen molar-refractivity contribution >= 4 is 0 Å². The third-order valence-electron chi connectivity index (χ3n) is 1.94. The minimum atomic E-state index is -0.497. The first-order valence-corrected chi connectivity index (χ1v) is 4.75. The Balaban J connectivity index is 2.50. The lowest BCUT2D eigenvalue weighted by Gasteiger charge is -2.05. The van der Waals surface area contributed by atoms with Crippen molar-refractivity contribution in [1.29, 1.82) is 0 Å². The number of halogens is 1. The molecule has 0 bridgehead atoms. The molecular formula is C9H11FN6. The van der Waals surface area contributed by atoms with Crippen LogP contribution in [0.2, 0.25) is 0 Å². The fourth-order valence-corrected chi connectivity index (χ4v) is 1.29. The molecule has 0 aliphatic heterocycles. The predicted molar refractivity (Wildman–Crippen MR) is 54.2 cm³/mol. The molecule has 0 unspecified atom stereocenters. The molecule has 0 saturated carbocycles. The molecule has 84 valence electrons. The van der Waals surface area contributed by atoms with Crippen LogP contribution in [-0.2, 0) is 0 Å². The van der Waals surface area contributed by atoms with Crippen LogP contribution in [0.4, 0.5) is 4.39 Å². The lowest BCUT2D eigenvalue weighted by atomic mass is 10.3. The van der Waals surface area contributed by atoms with Crippen molar-refractivity contribution in [2.45, 2.75) is 19.9 Å². The Morgan fingerprint density at radius 2 is 2.00 bits per heavy atom. The standard InChI is InChI=1S/C9H11FN6/c1-5(11)8-14-6(2)15-16(8)9-12-3-7(10)4-13-9/h3-5H,11H2,1-2H3/t5-/m0/s1. The van der Waals surface area contributed by atoms with Gasteiger partial charge < -0.3 is 5.73 Å². The molecule has 0 aromatic carbocycles. The van der Waals surface area contributed by atoms with E-state index in [2.05, 4.69) is 20.1 Å². The number of aromatic nitrogens is 5. The number of rotatable bonds is 2. The third-order valence-corrected chi connectivity index (χ3v) is 1.94. The van der Waals surface area contributed by atoms with E-state index >= 15 is 0 Å². The number of aryl methyl sites for hydroxylation is 1. The molecule has 0 aliphatic rings. The first-order chi connectivity index (χ1) is 7.58. The van der Waals surface area contributed by atoms with Gasteiger partial charge in [0.1, 0.15) is 5.82 Å². The van der Waals surface area contributed by atoms with Gasteiger partial charge in [0.25, 0.3) is 5.95 Å². The maximum absolute atomic E-state index is 12.7. The summed E-state index contributed by atoms with van der Waals surface area (Å²) in [6.07, 6.45) is 2.15. The van der Waals surface area contributed by atoms with Crippen LogP contribution in [0.1, 0.15) is 24.6 Å². The van der Waals surface area contributed by atoms with Crippen molar-refractivity contribution in [3.8, 4) is 5.95 Å². The Hall–Kier alpha value is -1.89. The van der Waals surface area contributed by atoms with E-state index in [0.29, 0.717) is 11.6 Å². The second-order valence-electron chi connectivity index (χ2n) is 3.42. The van der Waals surface area contributed by atoms with Crippen LogP contribution in [0, 0.1) is 12.7 Å². The van der Waals surface area contributed by atoms with Gasteiger partial charge in [-0.15, -0.1) is 5.10 Å². The van der Waals surface area contributed by atoms with Gasteiger partial charge in [-0.3, -0.25) is 0 Å². The fraction of sp³-hybridized carbons (Fsp3) is 0.333. The Morgan fingerprint density at radius 1 is 1.38 bits per heavy atom. The summed E-state index contributed by atoms with van der Waals surface area (Å²) in [5.74, 6) is 0.876. The van der Waals surface area contributed by atoms with Gasteiger partial charge in [0.15, 0.2) is 11.6 Å². The summed E-state index contributed by atoms with van der Waals surface area (Å²) in [4.78, 5) is 11.8. The van der Waals surface area contributed by atoms with Crippen LogP contribution >= 0.6 is 0 Å². The molecule has 16 heavy (non-hydrogen) atoms. The van der Waals surface area contributed by atoms with Crippen molar-refractivity contribution in [2.75, 3.05) is 0 Å². The number of nitrogens with two attached hydrogens (primary N) is 1. The largest absolute Gasteiger partial charge is 0.322 e. The molecule has 0 aliphatic carbocycles. The zero-order chi connectivity index (χ0) is 11.7. The van der Waals surface area contributed by atoms with Crippen molar-refractivity contribution in [3.63, 3.8) is 0 Å². The van der Waals surface area contributed by atoms with Gasteiger partial charge >= 0.3 is 0 Å². The van der Waals surface area contributed by atoms with E-state index in [-0.39, 0.29) is 12.0 Å². The van der Waals surface area contributed by atoms with E-state index in [0.717, 1.165) is 12.4 Å². The highest BCUT2D eigenvalue weighted by Gasteiger charge is 2.14. The van der Waals surface area contributed by atoms with Crippen LogP contribution in [0.25, 0.3) is 5.95 Å². The smallest absolute Gasteiger partial charge is 0.252 e. The fourth-order valence-electron chi connectivity index (χ4n) is 1.29. The predicted octanol–water partition coefficient (Wildman–Crippen LogP) is 0.525. The van der Waals surface area contributed by atoms with Crippen molar-refractivity contribution in [1.82, 2.24) is 24.7 Å². The third kappa shape index (κ3) is 1.89. The maximum Gasteiger partial charge on any atom is 0.252 e. The summed E-state index contributed by atoms with van der Waals surface area (Å²) in [6.45, 7) is 3.52. The lowest BCUT2D eigenvalue weighted by Crippen LogP contribution is -2.15. The first-order valence-electron chi connectivity index (χ1n) is 4.75. The summed E-state index contributed by atoms with van der Waals surface area (Å²) in [7, 11) is 0. The summed E-state index contributed by atoms with van der Waals surface area (Å²) >= 11 is 0. The van der Waals surface area contributed by atoms with Crippen molar-refractivity contribution in [3.05, 3.63) is 29.9 Å². The average molecular weight is 222 g/mol. The van der Waals surface area contributed by atoms with E-state index < -0.39 is 5.82 Å². The molecule has 2 rings (SSSR count). The number of hydrogen-bond donors (Lipinski definition) is 1. The molecule has 0 spiro atoms. The van der Waals surface area contributed by atoms with Gasteiger partial charge in [-0.05, 0) is 13.8 Å². The van der Waals surface area contributed by atoms with Gasteiger partial charge in [-0.2, -0.15) is 4.68 Å². The van der Waals surface area contributed by atoms with E-state index in [9.17, 15) is 4.39 Å². The second kappa shape index (κ2) is 3.93. The zero-order valence-electron chi connectivity index (χ0n) is 8.92. The highest BCUT2D eigenvalue weighted by Crippen LogP contribution is 2.10. The van der Waals surface area contributed by atoms with Gasteiger partial charge in [0.2, 0.25) is 0 Å². The normalized spacial score (nSPS) is 12.8. The molecular weight excluding hydrogens is 211 g/mol. The molecule has 2 heterocycles. The monoisotopic (exact) mass is 222 g/mol. The number of nitrogens with zero attached hydrogens (tertiary/aromatic N) is 5. The summed E-state index contributed by atoms with van der Waals surface area (Å²) < 4.78 is 14.1. The lowest BCUT2D eigenvalue weighted by molar-refractivity contribution is 0.603. The maximum atomic E-state index is 12.7. The van der Waals surface area contributed by atoms with Crippen molar-refractivity contribution in [2.24, 2.45) is 5.73 Å². The SMILES string of the molecule is Cc1nc([C@H](C)N)n(-c2ncc(F)cn2)n1. The van der Waals surface area contributed by atoms with Gasteiger partial charge in [0, 0.05) is 0 Å². The Labute approximate surface area is 91.4 Å². The summed E-state index contributed by atoms with van der Waals surface area (Å²) in [5, 5.41) is 4.11. The molecule has 1 atom stereocenters. The Kier molecular flexibility index (Phi) is 2.61. The first kappa shape index (κ1) is 10.6. The Bertz CT molecular complexity index is 489. The average Bonchev–Trinajstić information content (AvgIpc) is 2.61. The molecule has 7 heteroatoms. The molecule has 0 amide bonds. The number of hydrogen-bond acceptors (Lipinski definition) is 5. The molecule has 0 fully saturated rings. The summed E-state index contributed by atoms with van der Waals surface area (Å²) in [5.41, 5.74) is 5.74. The quantitative estimate of drug-likeness (QED) is 0.801. The van der Waals surface area contributed by atoms with Gasteiger partial charge in [-0.1, -0.05) is 0 Å². The highest BCUT2D eigenvalue weighted by atomic mass is 19.1. The van der Waals surface area contributed by atoms with Crippen LogP contribution in [0.15, 0.2) is 12.4 Å². The van der Waals surface area contributed by atoms with Crippen LogP contribution < -0.4 is 5.73 Å². The van der Waals surface area contributed by atoms with E-state index in [4.69, 9.17) is 5.73 Å². The topological polar surface area (TPSA) is 82.5 Å². The minimum Gasteiger partial charge on any atom is -0.322 e. The highest BCUT2D eigenvalue weighted by molar-refractivity contribution is 5.13. The van der Waals surface area contributed by atoms with Crippen LogP contribution in [0.3, 0.4) is 0 Å². The van der Waals surface area contributed by atoms with E-state index in [1.807, 2.05) is 0 Å². The molecule has 0 saturated heterocycles.